The fourth-order valence-corrected chi connectivity index (χ4v) is 2.17. The summed E-state index contributed by atoms with van der Waals surface area (Å²) in [6.45, 7) is 1.97. The number of carboxylic acids is 1. The highest BCUT2D eigenvalue weighted by atomic mass is 32.1. The third-order valence-corrected chi connectivity index (χ3v) is 3.15. The molecule has 0 aliphatic carbocycles. The van der Waals surface area contributed by atoms with Gasteiger partial charge in [0.25, 0.3) is 0 Å². The van der Waals surface area contributed by atoms with E-state index in [4.69, 9.17) is 9.84 Å². The second-order valence-corrected chi connectivity index (χ2v) is 4.40. The van der Waals surface area contributed by atoms with Crippen LogP contribution in [0.2, 0.25) is 0 Å². The molecule has 88 valence electrons. The van der Waals surface area contributed by atoms with Gasteiger partial charge in [0.05, 0.1) is 12.8 Å². The number of nitrogens with zero attached hydrogens (tertiary/aromatic N) is 1. The zero-order valence-electron chi connectivity index (χ0n) is 9.43. The molecule has 0 aliphatic heterocycles. The van der Waals surface area contributed by atoms with E-state index >= 15 is 0 Å². The average Bonchev–Trinajstić information content (AvgIpc) is 2.78. The van der Waals surface area contributed by atoms with Crippen molar-refractivity contribution < 1.29 is 14.6 Å². The number of hydrogen-bond acceptors (Lipinski definition) is 4. The van der Waals surface area contributed by atoms with Crippen LogP contribution >= 0.6 is 11.3 Å². The second kappa shape index (κ2) is 4.55. The van der Waals surface area contributed by atoms with Gasteiger partial charge in [-0.05, 0) is 19.1 Å². The third-order valence-electron chi connectivity index (χ3n) is 2.32. The molecule has 0 amide bonds. The Morgan fingerprint density at radius 3 is 2.82 bits per heavy atom. The molecular weight excluding hydrogens is 238 g/mol. The molecule has 0 unspecified atom stereocenters. The highest BCUT2D eigenvalue weighted by Crippen LogP contribution is 2.31. The van der Waals surface area contributed by atoms with Gasteiger partial charge < -0.3 is 9.84 Å². The number of hydrogen-bond donors (Lipinski definition) is 1. The molecule has 0 spiro atoms. The number of thiazole rings is 1. The van der Waals surface area contributed by atoms with Crippen molar-refractivity contribution in [2.75, 3.05) is 7.11 Å². The second-order valence-electron chi connectivity index (χ2n) is 3.55. The van der Waals surface area contributed by atoms with Gasteiger partial charge in [0.1, 0.15) is 5.75 Å². The zero-order chi connectivity index (χ0) is 12.4. The molecule has 2 rings (SSSR count). The molecule has 0 radical (unpaired) electrons. The Morgan fingerprint density at radius 2 is 2.24 bits per heavy atom. The summed E-state index contributed by atoms with van der Waals surface area (Å²) in [7, 11) is 1.58. The molecular formula is C12H11NO3S. The van der Waals surface area contributed by atoms with Gasteiger partial charge >= 0.3 is 5.97 Å². The lowest BCUT2D eigenvalue weighted by Crippen LogP contribution is -1.95. The van der Waals surface area contributed by atoms with Crippen molar-refractivity contribution in [2.24, 2.45) is 0 Å². The van der Waals surface area contributed by atoms with Gasteiger partial charge in [0.2, 0.25) is 5.01 Å². The molecule has 0 fully saturated rings. The monoisotopic (exact) mass is 249 g/mol. The predicted molar refractivity (Wildman–Crippen MR) is 65.8 cm³/mol. The lowest BCUT2D eigenvalue weighted by atomic mass is 10.1. The highest BCUT2D eigenvalue weighted by Gasteiger charge is 2.13. The molecule has 2 aromatic rings. The fourth-order valence-electron chi connectivity index (χ4n) is 1.52. The first-order valence-corrected chi connectivity index (χ1v) is 5.83. The van der Waals surface area contributed by atoms with Crippen molar-refractivity contribution in [3.63, 3.8) is 0 Å². The van der Waals surface area contributed by atoms with E-state index in [1.165, 1.54) is 0 Å². The van der Waals surface area contributed by atoms with E-state index in [-0.39, 0.29) is 5.01 Å². The van der Waals surface area contributed by atoms with Crippen LogP contribution in [-0.2, 0) is 0 Å². The van der Waals surface area contributed by atoms with E-state index in [1.54, 1.807) is 12.5 Å². The van der Waals surface area contributed by atoms with Crippen LogP contribution in [0.1, 0.15) is 15.4 Å². The van der Waals surface area contributed by atoms with Crippen molar-refractivity contribution in [1.29, 1.82) is 0 Å². The van der Waals surface area contributed by atoms with Gasteiger partial charge in [-0.15, -0.1) is 11.3 Å². The number of aromatic nitrogens is 1. The van der Waals surface area contributed by atoms with Crippen LogP contribution in [0.15, 0.2) is 23.6 Å². The summed E-state index contributed by atoms with van der Waals surface area (Å²) in [5, 5.41) is 10.7. The Balaban J connectivity index is 2.51. The number of rotatable bonds is 3. The largest absolute Gasteiger partial charge is 0.496 e. The highest BCUT2D eigenvalue weighted by molar-refractivity contribution is 7.11. The SMILES string of the molecule is COc1ccc(C)cc1-c1csc(C(=O)O)n1. The summed E-state index contributed by atoms with van der Waals surface area (Å²) in [5.74, 6) is -0.314. The van der Waals surface area contributed by atoms with Crippen LogP contribution in [-0.4, -0.2) is 23.2 Å². The van der Waals surface area contributed by atoms with Gasteiger partial charge in [-0.25, -0.2) is 9.78 Å². The van der Waals surface area contributed by atoms with E-state index < -0.39 is 5.97 Å². The van der Waals surface area contributed by atoms with E-state index in [1.807, 2.05) is 25.1 Å². The van der Waals surface area contributed by atoms with E-state index in [0.717, 1.165) is 22.5 Å². The molecule has 0 saturated heterocycles. The molecule has 1 aromatic carbocycles. The number of carboxylic acid groups (broad SMARTS) is 1. The van der Waals surface area contributed by atoms with Gasteiger partial charge in [-0.3, -0.25) is 0 Å². The summed E-state index contributed by atoms with van der Waals surface area (Å²) in [4.78, 5) is 14.9. The number of methoxy groups -OCH3 is 1. The van der Waals surface area contributed by atoms with E-state index in [0.29, 0.717) is 11.4 Å². The van der Waals surface area contributed by atoms with E-state index in [9.17, 15) is 4.79 Å². The minimum absolute atomic E-state index is 0.0866. The van der Waals surface area contributed by atoms with Crippen molar-refractivity contribution in [1.82, 2.24) is 4.98 Å². The van der Waals surface area contributed by atoms with Crippen LogP contribution in [0.5, 0.6) is 5.75 Å². The first-order valence-electron chi connectivity index (χ1n) is 4.95. The fraction of sp³-hybridized carbons (Fsp3) is 0.167. The van der Waals surface area contributed by atoms with Crippen LogP contribution in [0.4, 0.5) is 0 Å². The maximum Gasteiger partial charge on any atom is 0.365 e. The Morgan fingerprint density at radius 1 is 1.47 bits per heavy atom. The van der Waals surface area contributed by atoms with Crippen molar-refractivity contribution in [3.8, 4) is 17.0 Å². The molecule has 0 aliphatic rings. The molecule has 5 heteroatoms. The number of aromatic carboxylic acids is 1. The number of benzene rings is 1. The standard InChI is InChI=1S/C12H11NO3S/c1-7-3-4-10(16-2)8(5-7)9-6-17-11(13-9)12(14)15/h3-6H,1-2H3,(H,14,15). The van der Waals surface area contributed by atoms with Crippen LogP contribution in [0.25, 0.3) is 11.3 Å². The summed E-state index contributed by atoms with van der Waals surface area (Å²) in [6, 6.07) is 5.72. The molecule has 1 heterocycles. The first kappa shape index (κ1) is 11.6. The average molecular weight is 249 g/mol. The third kappa shape index (κ3) is 2.29. The Labute approximate surface area is 103 Å². The Hall–Kier alpha value is -1.88. The Kier molecular flexibility index (Phi) is 3.10. The van der Waals surface area contributed by atoms with Gasteiger partial charge in [0.15, 0.2) is 0 Å². The molecule has 0 saturated carbocycles. The normalized spacial score (nSPS) is 10.2. The summed E-state index contributed by atoms with van der Waals surface area (Å²) in [5.41, 5.74) is 2.52. The summed E-state index contributed by atoms with van der Waals surface area (Å²) in [6.07, 6.45) is 0. The van der Waals surface area contributed by atoms with Gasteiger partial charge in [-0.1, -0.05) is 11.6 Å². The maximum atomic E-state index is 10.8. The minimum Gasteiger partial charge on any atom is -0.496 e. The quantitative estimate of drug-likeness (QED) is 0.908. The number of aryl methyl sites for hydroxylation is 1. The maximum absolute atomic E-state index is 10.8. The lowest BCUT2D eigenvalue weighted by molar-refractivity contribution is 0.0696. The molecule has 0 bridgehead atoms. The minimum atomic E-state index is -1.01. The summed E-state index contributed by atoms with van der Waals surface area (Å²) >= 11 is 1.11. The molecule has 1 aromatic heterocycles. The molecule has 0 atom stereocenters. The summed E-state index contributed by atoms with van der Waals surface area (Å²) < 4.78 is 5.24. The zero-order valence-corrected chi connectivity index (χ0v) is 10.2. The van der Waals surface area contributed by atoms with Gasteiger partial charge in [0, 0.05) is 10.9 Å². The smallest absolute Gasteiger partial charge is 0.365 e. The van der Waals surface area contributed by atoms with Crippen LogP contribution in [0.3, 0.4) is 0 Å². The van der Waals surface area contributed by atoms with Crippen molar-refractivity contribution in [2.45, 2.75) is 6.92 Å². The van der Waals surface area contributed by atoms with Gasteiger partial charge in [-0.2, -0.15) is 0 Å². The van der Waals surface area contributed by atoms with Crippen molar-refractivity contribution in [3.05, 3.63) is 34.2 Å². The van der Waals surface area contributed by atoms with Crippen molar-refractivity contribution >= 4 is 17.3 Å². The predicted octanol–water partition coefficient (Wildman–Crippen LogP) is 2.83. The molecule has 4 nitrogen and oxygen atoms in total. The topological polar surface area (TPSA) is 59.4 Å². The van der Waals surface area contributed by atoms with E-state index in [2.05, 4.69) is 4.98 Å². The van der Waals surface area contributed by atoms with Crippen LogP contribution < -0.4 is 4.74 Å². The molecule has 1 N–H and O–H groups in total. The first-order chi connectivity index (χ1) is 8.11. The van der Waals surface area contributed by atoms with Crippen LogP contribution in [0, 0.1) is 6.92 Å². The number of ether oxygens (including phenoxy) is 1. The Bertz CT molecular complexity index is 563. The lowest BCUT2D eigenvalue weighted by Gasteiger charge is -2.06. The number of carbonyl (C=O) groups is 1. The molecule has 17 heavy (non-hydrogen) atoms.